The molecule has 0 aliphatic heterocycles. The van der Waals surface area contributed by atoms with E-state index in [1.54, 1.807) is 0 Å². The summed E-state index contributed by atoms with van der Waals surface area (Å²) in [6, 6.07) is 18.0. The number of esters is 1. The van der Waals surface area contributed by atoms with E-state index < -0.39 is 0 Å². The van der Waals surface area contributed by atoms with Gasteiger partial charge in [0, 0.05) is 12.2 Å². The van der Waals surface area contributed by atoms with Crippen molar-refractivity contribution in [2.45, 2.75) is 19.3 Å². The van der Waals surface area contributed by atoms with Crippen molar-refractivity contribution in [3.8, 4) is 0 Å². The molecule has 1 N–H and O–H groups in total. The maximum Gasteiger partial charge on any atom is 0.314 e. The van der Waals surface area contributed by atoms with E-state index in [9.17, 15) is 4.79 Å². The summed E-state index contributed by atoms with van der Waals surface area (Å²) >= 11 is 0. The van der Waals surface area contributed by atoms with Crippen LogP contribution in [-0.2, 0) is 16.0 Å². The fraction of sp³-hybridized carbons (Fsp3) is 0.278. The van der Waals surface area contributed by atoms with E-state index in [-0.39, 0.29) is 11.9 Å². The Labute approximate surface area is 126 Å². The molecule has 0 spiro atoms. The molecule has 0 saturated carbocycles. The Bertz CT molecular complexity index is 581. The molecule has 0 saturated heterocycles. The van der Waals surface area contributed by atoms with Gasteiger partial charge in [0.05, 0.1) is 13.0 Å². The second-order valence-corrected chi connectivity index (χ2v) is 4.92. The van der Waals surface area contributed by atoms with Crippen molar-refractivity contribution in [1.82, 2.24) is 0 Å². The number of carbonyl (C=O) groups is 1. The summed E-state index contributed by atoms with van der Waals surface area (Å²) in [6.45, 7) is 2.64. The average Bonchev–Trinajstić information content (AvgIpc) is 2.56. The summed E-state index contributed by atoms with van der Waals surface area (Å²) in [4.78, 5) is 12.0. The molecule has 0 aliphatic carbocycles. The lowest BCUT2D eigenvalue weighted by molar-refractivity contribution is -0.142. The van der Waals surface area contributed by atoms with Gasteiger partial charge in [-0.15, -0.1) is 0 Å². The molecule has 0 bridgehead atoms. The second kappa shape index (κ2) is 7.48. The number of aryl methyl sites for hydroxylation is 1. The van der Waals surface area contributed by atoms with Gasteiger partial charge in [-0.2, -0.15) is 0 Å². The van der Waals surface area contributed by atoms with Crippen LogP contribution in [0, 0.1) is 0 Å². The summed E-state index contributed by atoms with van der Waals surface area (Å²) < 4.78 is 4.92. The molecule has 0 aromatic heterocycles. The van der Waals surface area contributed by atoms with E-state index in [0.717, 1.165) is 17.7 Å². The summed E-state index contributed by atoms with van der Waals surface area (Å²) in [5, 5.41) is 3.33. The van der Waals surface area contributed by atoms with Crippen LogP contribution in [0.25, 0.3) is 0 Å². The van der Waals surface area contributed by atoms with Gasteiger partial charge in [-0.3, -0.25) is 4.79 Å². The first kappa shape index (κ1) is 15.1. The molecule has 0 radical (unpaired) electrons. The van der Waals surface area contributed by atoms with Crippen LogP contribution in [-0.4, -0.2) is 19.6 Å². The number of rotatable bonds is 6. The van der Waals surface area contributed by atoms with Gasteiger partial charge < -0.3 is 10.1 Å². The Kier molecular flexibility index (Phi) is 5.38. The Morgan fingerprint density at radius 1 is 1.14 bits per heavy atom. The van der Waals surface area contributed by atoms with Crippen LogP contribution in [0.4, 0.5) is 5.69 Å². The molecule has 0 aliphatic rings. The van der Waals surface area contributed by atoms with Gasteiger partial charge in [-0.05, 0) is 29.7 Å². The summed E-state index contributed by atoms with van der Waals surface area (Å²) in [6.07, 6.45) is 0.995. The Morgan fingerprint density at radius 2 is 1.90 bits per heavy atom. The standard InChI is InChI=1S/C18H21NO2/c1-3-14-8-7-11-16(12-14)19-13-17(18(20)21-2)15-9-5-4-6-10-15/h4-12,17,19H,3,13H2,1-2H3. The fourth-order valence-electron chi connectivity index (χ4n) is 2.29. The molecular weight excluding hydrogens is 262 g/mol. The molecule has 1 unspecified atom stereocenters. The first-order chi connectivity index (χ1) is 10.2. The predicted molar refractivity (Wildman–Crippen MR) is 85.5 cm³/mol. The molecule has 0 heterocycles. The van der Waals surface area contributed by atoms with E-state index in [0.29, 0.717) is 6.54 Å². The predicted octanol–water partition coefficient (Wildman–Crippen LogP) is 3.62. The number of carbonyl (C=O) groups excluding carboxylic acids is 1. The highest BCUT2D eigenvalue weighted by atomic mass is 16.5. The second-order valence-electron chi connectivity index (χ2n) is 4.92. The maximum atomic E-state index is 12.0. The molecule has 0 fully saturated rings. The van der Waals surface area contributed by atoms with Crippen LogP contribution in [0.15, 0.2) is 54.6 Å². The number of nitrogens with one attached hydrogen (secondary N) is 1. The van der Waals surface area contributed by atoms with Gasteiger partial charge in [0.15, 0.2) is 0 Å². The molecule has 21 heavy (non-hydrogen) atoms. The number of hydrogen-bond acceptors (Lipinski definition) is 3. The number of benzene rings is 2. The third-order valence-corrected chi connectivity index (χ3v) is 3.53. The van der Waals surface area contributed by atoms with Crippen molar-refractivity contribution >= 4 is 11.7 Å². The molecule has 0 amide bonds. The Hall–Kier alpha value is -2.29. The lowest BCUT2D eigenvalue weighted by atomic mass is 9.99. The lowest BCUT2D eigenvalue weighted by Crippen LogP contribution is -2.22. The fourth-order valence-corrected chi connectivity index (χ4v) is 2.29. The highest BCUT2D eigenvalue weighted by Gasteiger charge is 2.20. The highest BCUT2D eigenvalue weighted by molar-refractivity contribution is 5.78. The topological polar surface area (TPSA) is 38.3 Å². The average molecular weight is 283 g/mol. The maximum absolute atomic E-state index is 12.0. The van der Waals surface area contributed by atoms with Gasteiger partial charge in [0.1, 0.15) is 0 Å². The van der Waals surface area contributed by atoms with Crippen molar-refractivity contribution in [3.05, 3.63) is 65.7 Å². The molecule has 2 rings (SSSR count). The van der Waals surface area contributed by atoms with E-state index in [1.807, 2.05) is 42.5 Å². The zero-order valence-electron chi connectivity index (χ0n) is 12.5. The van der Waals surface area contributed by atoms with Gasteiger partial charge in [-0.1, -0.05) is 49.4 Å². The summed E-state index contributed by atoms with van der Waals surface area (Å²) in [5.74, 6) is -0.526. The molecular formula is C18H21NO2. The van der Waals surface area contributed by atoms with Crippen molar-refractivity contribution in [2.24, 2.45) is 0 Å². The monoisotopic (exact) mass is 283 g/mol. The molecule has 1 atom stereocenters. The smallest absolute Gasteiger partial charge is 0.314 e. The first-order valence-corrected chi connectivity index (χ1v) is 7.20. The SMILES string of the molecule is CCc1cccc(NCC(C(=O)OC)c2ccccc2)c1. The van der Waals surface area contributed by atoms with Crippen LogP contribution in [0.3, 0.4) is 0 Å². The highest BCUT2D eigenvalue weighted by Crippen LogP contribution is 2.19. The number of hydrogen-bond donors (Lipinski definition) is 1. The Morgan fingerprint density at radius 3 is 2.57 bits per heavy atom. The van der Waals surface area contributed by atoms with Crippen LogP contribution in [0.1, 0.15) is 24.0 Å². The number of anilines is 1. The third-order valence-electron chi connectivity index (χ3n) is 3.53. The van der Waals surface area contributed by atoms with Crippen molar-refractivity contribution < 1.29 is 9.53 Å². The van der Waals surface area contributed by atoms with Crippen LogP contribution in [0.2, 0.25) is 0 Å². The van der Waals surface area contributed by atoms with E-state index in [2.05, 4.69) is 24.4 Å². The normalized spacial score (nSPS) is 11.7. The summed E-state index contributed by atoms with van der Waals surface area (Å²) in [5.41, 5.74) is 3.26. The third kappa shape index (κ3) is 4.09. The minimum absolute atomic E-state index is 0.222. The zero-order valence-corrected chi connectivity index (χ0v) is 12.5. The minimum atomic E-state index is -0.304. The van der Waals surface area contributed by atoms with Gasteiger partial charge >= 0.3 is 5.97 Å². The minimum Gasteiger partial charge on any atom is -0.468 e. The quantitative estimate of drug-likeness (QED) is 0.823. The van der Waals surface area contributed by atoms with Crippen LogP contribution in [0.5, 0.6) is 0 Å². The van der Waals surface area contributed by atoms with E-state index in [1.165, 1.54) is 12.7 Å². The molecule has 110 valence electrons. The van der Waals surface area contributed by atoms with E-state index >= 15 is 0 Å². The van der Waals surface area contributed by atoms with E-state index in [4.69, 9.17) is 4.74 Å². The van der Waals surface area contributed by atoms with Crippen LogP contribution >= 0.6 is 0 Å². The molecule has 2 aromatic rings. The lowest BCUT2D eigenvalue weighted by Gasteiger charge is -2.17. The van der Waals surface area contributed by atoms with Crippen LogP contribution < -0.4 is 5.32 Å². The Balaban J connectivity index is 2.11. The van der Waals surface area contributed by atoms with Crippen molar-refractivity contribution in [3.63, 3.8) is 0 Å². The van der Waals surface area contributed by atoms with Gasteiger partial charge in [0.2, 0.25) is 0 Å². The molecule has 3 nitrogen and oxygen atoms in total. The van der Waals surface area contributed by atoms with Crippen molar-refractivity contribution in [1.29, 1.82) is 0 Å². The first-order valence-electron chi connectivity index (χ1n) is 7.20. The van der Waals surface area contributed by atoms with Crippen molar-refractivity contribution in [2.75, 3.05) is 19.0 Å². The molecule has 2 aromatic carbocycles. The van der Waals surface area contributed by atoms with Gasteiger partial charge in [-0.25, -0.2) is 0 Å². The zero-order chi connectivity index (χ0) is 15.1. The summed E-state index contributed by atoms with van der Waals surface area (Å²) in [7, 11) is 1.43. The largest absolute Gasteiger partial charge is 0.468 e. The molecule has 3 heteroatoms. The van der Waals surface area contributed by atoms with Gasteiger partial charge in [0.25, 0.3) is 0 Å². The number of methoxy groups -OCH3 is 1. The number of ether oxygens (including phenoxy) is 1.